The average molecular weight is 417 g/mol. The maximum Gasteiger partial charge on any atom is 0.244 e. The molecule has 1 aromatic rings. The van der Waals surface area contributed by atoms with Crippen LogP contribution in [0.4, 0.5) is 0 Å². The molecule has 2 rings (SSSR count). The summed E-state index contributed by atoms with van der Waals surface area (Å²) in [6.45, 7) is 1.35. The molecule has 1 heterocycles. The molecule has 136 valence electrons. The van der Waals surface area contributed by atoms with E-state index in [1.165, 1.54) is 22.5 Å². The molecule has 0 unspecified atom stereocenters. The van der Waals surface area contributed by atoms with E-state index in [-0.39, 0.29) is 47.2 Å². The molecule has 3 N–H and O–H groups in total. The number of nitrogens with two attached hydrogens (primary N) is 1. The maximum atomic E-state index is 12.7. The van der Waals surface area contributed by atoms with Crippen LogP contribution in [0.5, 0.6) is 0 Å². The van der Waals surface area contributed by atoms with Gasteiger partial charge < -0.3 is 11.1 Å². The van der Waals surface area contributed by atoms with Crippen LogP contribution in [-0.2, 0) is 14.8 Å². The summed E-state index contributed by atoms with van der Waals surface area (Å²) in [5.74, 6) is -0.267. The summed E-state index contributed by atoms with van der Waals surface area (Å²) < 4.78 is 26.7. The van der Waals surface area contributed by atoms with Crippen molar-refractivity contribution in [1.29, 1.82) is 0 Å². The van der Waals surface area contributed by atoms with Crippen molar-refractivity contribution < 1.29 is 13.2 Å². The van der Waals surface area contributed by atoms with Crippen molar-refractivity contribution in [3.8, 4) is 0 Å². The van der Waals surface area contributed by atoms with E-state index in [1.54, 1.807) is 0 Å². The highest BCUT2D eigenvalue weighted by molar-refractivity contribution is 7.89. The molecule has 0 radical (unpaired) electrons. The number of nitrogens with zero attached hydrogens (tertiary/aromatic N) is 1. The van der Waals surface area contributed by atoms with Crippen LogP contribution in [-0.4, -0.2) is 44.8 Å². The number of carbonyl (C=O) groups is 1. The van der Waals surface area contributed by atoms with Crippen LogP contribution < -0.4 is 11.1 Å². The lowest BCUT2D eigenvalue weighted by Gasteiger charge is -2.30. The zero-order valence-electron chi connectivity index (χ0n) is 12.9. The van der Waals surface area contributed by atoms with E-state index in [1.807, 2.05) is 0 Å². The van der Waals surface area contributed by atoms with E-state index in [0.717, 1.165) is 0 Å². The van der Waals surface area contributed by atoms with Gasteiger partial charge in [0.1, 0.15) is 4.90 Å². The average Bonchev–Trinajstić information content (AvgIpc) is 2.54. The number of sulfonamides is 1. The Morgan fingerprint density at radius 2 is 1.92 bits per heavy atom. The molecule has 1 saturated heterocycles. The van der Waals surface area contributed by atoms with Crippen LogP contribution in [0.2, 0.25) is 10.0 Å². The van der Waals surface area contributed by atoms with Crippen LogP contribution in [0.1, 0.15) is 12.8 Å². The number of halogens is 3. The summed E-state index contributed by atoms with van der Waals surface area (Å²) in [4.78, 5) is 11.9. The highest BCUT2D eigenvalue weighted by atomic mass is 35.5. The number of hydrogen-bond donors (Lipinski definition) is 2. The second-order valence-electron chi connectivity index (χ2n) is 5.33. The van der Waals surface area contributed by atoms with Gasteiger partial charge in [-0.3, -0.25) is 4.79 Å². The normalized spacial score (nSPS) is 16.5. The highest BCUT2D eigenvalue weighted by Gasteiger charge is 2.33. The fourth-order valence-corrected chi connectivity index (χ4v) is 4.72. The Kier molecular flexibility index (Phi) is 8.25. The van der Waals surface area contributed by atoms with Crippen LogP contribution in [0.3, 0.4) is 0 Å². The van der Waals surface area contributed by atoms with Gasteiger partial charge in [0, 0.05) is 37.1 Å². The molecule has 24 heavy (non-hydrogen) atoms. The van der Waals surface area contributed by atoms with Gasteiger partial charge in [0.15, 0.2) is 0 Å². The zero-order valence-corrected chi connectivity index (χ0v) is 16.0. The first-order chi connectivity index (χ1) is 10.9. The third kappa shape index (κ3) is 4.97. The fourth-order valence-electron chi connectivity index (χ4n) is 2.51. The Hall–Kier alpha value is -0.570. The summed E-state index contributed by atoms with van der Waals surface area (Å²) in [6, 6.07) is 4.35. The molecule has 0 atom stereocenters. The molecule has 0 spiro atoms. The van der Waals surface area contributed by atoms with Crippen molar-refractivity contribution >= 4 is 51.5 Å². The summed E-state index contributed by atoms with van der Waals surface area (Å²) >= 11 is 11.9. The highest BCUT2D eigenvalue weighted by Crippen LogP contribution is 2.30. The van der Waals surface area contributed by atoms with Gasteiger partial charge in [0.2, 0.25) is 15.9 Å². The lowest BCUT2D eigenvalue weighted by molar-refractivity contribution is -0.126. The molecule has 1 aliphatic heterocycles. The van der Waals surface area contributed by atoms with Gasteiger partial charge in [-0.05, 0) is 31.0 Å². The fraction of sp³-hybridized carbons (Fsp3) is 0.500. The molecular formula is C14H20Cl3N3O3S. The first kappa shape index (κ1) is 21.5. The number of hydrogen-bond acceptors (Lipinski definition) is 4. The third-order valence-electron chi connectivity index (χ3n) is 3.78. The Morgan fingerprint density at radius 3 is 2.50 bits per heavy atom. The van der Waals surface area contributed by atoms with Crippen LogP contribution in [0.15, 0.2) is 23.1 Å². The monoisotopic (exact) mass is 415 g/mol. The summed E-state index contributed by atoms with van der Waals surface area (Å²) in [7, 11) is -3.72. The van der Waals surface area contributed by atoms with E-state index in [2.05, 4.69) is 5.32 Å². The van der Waals surface area contributed by atoms with E-state index < -0.39 is 10.0 Å². The van der Waals surface area contributed by atoms with Gasteiger partial charge >= 0.3 is 0 Å². The second kappa shape index (κ2) is 9.22. The Bertz CT molecular complexity index is 677. The predicted octanol–water partition coefficient (Wildman–Crippen LogP) is 1.89. The van der Waals surface area contributed by atoms with Crippen molar-refractivity contribution in [3.05, 3.63) is 28.2 Å². The smallest absolute Gasteiger partial charge is 0.244 e. The van der Waals surface area contributed by atoms with Crippen molar-refractivity contribution in [3.63, 3.8) is 0 Å². The van der Waals surface area contributed by atoms with E-state index >= 15 is 0 Å². The number of benzene rings is 1. The first-order valence-corrected chi connectivity index (χ1v) is 9.49. The minimum Gasteiger partial charge on any atom is -0.355 e. The molecule has 1 aromatic carbocycles. The van der Waals surface area contributed by atoms with Gasteiger partial charge in [-0.15, -0.1) is 12.4 Å². The minimum atomic E-state index is -3.72. The SMILES string of the molecule is Cl.NCCNC(=O)C1CCN(S(=O)(=O)c2cc(Cl)ccc2Cl)CC1. The van der Waals surface area contributed by atoms with Crippen molar-refractivity contribution in [2.24, 2.45) is 11.7 Å². The standard InChI is InChI=1S/C14H19Cl2N3O3S.ClH/c15-11-1-2-12(16)13(9-11)23(21,22)19-7-3-10(4-8-19)14(20)18-6-5-17;/h1-2,9-10H,3-8,17H2,(H,18,20);1H. The van der Waals surface area contributed by atoms with Gasteiger partial charge in [-0.2, -0.15) is 4.31 Å². The molecule has 1 amide bonds. The molecule has 0 aliphatic carbocycles. The molecule has 0 aromatic heterocycles. The largest absolute Gasteiger partial charge is 0.355 e. The van der Waals surface area contributed by atoms with Gasteiger partial charge in [0.25, 0.3) is 0 Å². The number of carbonyl (C=O) groups excluding carboxylic acids is 1. The number of rotatable bonds is 5. The molecule has 0 saturated carbocycles. The lowest BCUT2D eigenvalue weighted by Crippen LogP contribution is -2.43. The van der Waals surface area contributed by atoms with E-state index in [4.69, 9.17) is 28.9 Å². The first-order valence-electron chi connectivity index (χ1n) is 7.29. The topological polar surface area (TPSA) is 92.5 Å². The molecule has 10 heteroatoms. The number of nitrogens with one attached hydrogen (secondary N) is 1. The molecule has 0 bridgehead atoms. The quantitative estimate of drug-likeness (QED) is 0.766. The minimum absolute atomic E-state index is 0. The summed E-state index contributed by atoms with van der Waals surface area (Å²) in [6.07, 6.45) is 0.932. The zero-order chi connectivity index (χ0) is 17.0. The summed E-state index contributed by atoms with van der Waals surface area (Å²) in [5, 5.41) is 3.18. The van der Waals surface area contributed by atoms with E-state index in [0.29, 0.717) is 31.0 Å². The lowest BCUT2D eigenvalue weighted by atomic mass is 9.97. The van der Waals surface area contributed by atoms with Gasteiger partial charge in [-0.1, -0.05) is 23.2 Å². The number of amides is 1. The second-order valence-corrected chi connectivity index (χ2v) is 8.08. The third-order valence-corrected chi connectivity index (χ3v) is 6.39. The van der Waals surface area contributed by atoms with Crippen LogP contribution >= 0.6 is 35.6 Å². The van der Waals surface area contributed by atoms with E-state index in [9.17, 15) is 13.2 Å². The Labute approximate surface area is 158 Å². The van der Waals surface area contributed by atoms with Gasteiger partial charge in [0.05, 0.1) is 5.02 Å². The Morgan fingerprint density at radius 1 is 1.29 bits per heavy atom. The molecular weight excluding hydrogens is 397 g/mol. The Balaban J connectivity index is 0.00000288. The predicted molar refractivity (Wildman–Crippen MR) is 97.3 cm³/mol. The van der Waals surface area contributed by atoms with Crippen LogP contribution in [0.25, 0.3) is 0 Å². The number of piperidine rings is 1. The maximum absolute atomic E-state index is 12.7. The van der Waals surface area contributed by atoms with Crippen molar-refractivity contribution in [1.82, 2.24) is 9.62 Å². The molecule has 1 fully saturated rings. The van der Waals surface area contributed by atoms with Crippen molar-refractivity contribution in [2.75, 3.05) is 26.2 Å². The summed E-state index contributed by atoms with van der Waals surface area (Å²) in [5.41, 5.74) is 5.35. The van der Waals surface area contributed by atoms with Crippen LogP contribution in [0, 0.1) is 5.92 Å². The van der Waals surface area contributed by atoms with Gasteiger partial charge in [-0.25, -0.2) is 8.42 Å². The van der Waals surface area contributed by atoms with Crippen molar-refractivity contribution in [2.45, 2.75) is 17.7 Å². The molecule has 1 aliphatic rings. The molecule has 6 nitrogen and oxygen atoms in total.